The fraction of sp³-hybridized carbons (Fsp3) is 0.182. The van der Waals surface area contributed by atoms with Crippen molar-refractivity contribution in [1.82, 2.24) is 5.32 Å². The van der Waals surface area contributed by atoms with Crippen LogP contribution in [0.3, 0.4) is 0 Å². The second-order valence-electron chi connectivity index (χ2n) is 6.83. The Labute approximate surface area is 190 Å². The summed E-state index contributed by atoms with van der Waals surface area (Å²) < 4.78 is 42.9. The summed E-state index contributed by atoms with van der Waals surface area (Å²) in [5, 5.41) is 13.2. The predicted octanol–water partition coefficient (Wildman–Crippen LogP) is 5.28. The van der Waals surface area contributed by atoms with Crippen molar-refractivity contribution in [2.75, 3.05) is 7.11 Å². The predicted molar refractivity (Wildman–Crippen MR) is 115 cm³/mol. The van der Waals surface area contributed by atoms with Crippen LogP contribution in [0.2, 0.25) is 10.0 Å². The van der Waals surface area contributed by atoms with Crippen LogP contribution in [0.5, 0.6) is 5.75 Å². The molecule has 3 aromatic carbocycles. The van der Waals surface area contributed by atoms with Gasteiger partial charge >= 0.3 is 18.1 Å². The van der Waals surface area contributed by atoms with Crippen molar-refractivity contribution in [2.24, 2.45) is 0 Å². The zero-order valence-electron chi connectivity index (χ0n) is 16.5. The third-order valence-electron chi connectivity index (χ3n) is 4.81. The minimum atomic E-state index is -5.20. The number of nitrogens with one attached hydrogen (secondary N) is 1. The summed E-state index contributed by atoms with van der Waals surface area (Å²) in [5.41, 5.74) is 1.05. The topological polar surface area (TPSA) is 75.6 Å². The van der Waals surface area contributed by atoms with Crippen LogP contribution < -0.4 is 5.32 Å². The molecule has 0 unspecified atom stereocenters. The third-order valence-corrected chi connectivity index (χ3v) is 5.46. The lowest BCUT2D eigenvalue weighted by atomic mass is 9.91. The summed E-state index contributed by atoms with van der Waals surface area (Å²) in [4.78, 5) is 23.6. The Bertz CT molecular complexity index is 1190. The van der Waals surface area contributed by atoms with Gasteiger partial charge in [-0.05, 0) is 28.0 Å². The molecule has 3 aromatic rings. The molecule has 0 aliphatic rings. The lowest BCUT2D eigenvalue weighted by Gasteiger charge is -2.21. The SMILES string of the molecule is COC(=O)[C@H](Cc1cc(Cl)c(O)c(Cl)c1-c1cccc2ccccc12)NC(=O)C(F)(F)F. The second-order valence-corrected chi connectivity index (χ2v) is 7.62. The van der Waals surface area contributed by atoms with Gasteiger partial charge in [0, 0.05) is 12.0 Å². The molecular weight excluding hydrogens is 470 g/mol. The molecule has 168 valence electrons. The zero-order chi connectivity index (χ0) is 23.6. The van der Waals surface area contributed by atoms with E-state index in [1.54, 1.807) is 29.6 Å². The van der Waals surface area contributed by atoms with Gasteiger partial charge in [-0.15, -0.1) is 0 Å². The van der Waals surface area contributed by atoms with Crippen molar-refractivity contribution in [3.8, 4) is 16.9 Å². The van der Waals surface area contributed by atoms with Gasteiger partial charge in [0.05, 0.1) is 17.2 Å². The largest absolute Gasteiger partial charge is 0.505 e. The molecule has 10 heteroatoms. The maximum Gasteiger partial charge on any atom is 0.471 e. The molecule has 2 N–H and O–H groups in total. The Kier molecular flexibility index (Phi) is 6.85. The Hall–Kier alpha value is -2.97. The van der Waals surface area contributed by atoms with Crippen molar-refractivity contribution in [1.29, 1.82) is 0 Å². The number of halogens is 5. The van der Waals surface area contributed by atoms with Crippen LogP contribution in [0.1, 0.15) is 5.56 Å². The van der Waals surface area contributed by atoms with Crippen LogP contribution in [0, 0.1) is 0 Å². The summed E-state index contributed by atoms with van der Waals surface area (Å²) in [6.45, 7) is 0. The first-order valence-corrected chi connectivity index (χ1v) is 9.93. The molecule has 0 radical (unpaired) electrons. The number of ether oxygens (including phenoxy) is 1. The molecule has 0 bridgehead atoms. The lowest BCUT2D eigenvalue weighted by molar-refractivity contribution is -0.175. The molecule has 1 amide bonds. The van der Waals surface area contributed by atoms with Gasteiger partial charge in [-0.1, -0.05) is 65.7 Å². The number of amides is 1. The highest BCUT2D eigenvalue weighted by Crippen LogP contribution is 2.44. The number of rotatable bonds is 5. The first-order chi connectivity index (χ1) is 15.0. The average molecular weight is 486 g/mol. The van der Waals surface area contributed by atoms with Crippen LogP contribution in [-0.2, 0) is 20.7 Å². The second kappa shape index (κ2) is 9.26. The number of methoxy groups -OCH3 is 1. The molecule has 3 rings (SSSR count). The number of hydrogen-bond acceptors (Lipinski definition) is 4. The number of alkyl halides is 3. The van der Waals surface area contributed by atoms with Gasteiger partial charge in [0.15, 0.2) is 5.75 Å². The van der Waals surface area contributed by atoms with E-state index in [1.807, 2.05) is 18.2 Å². The quantitative estimate of drug-likeness (QED) is 0.482. The summed E-state index contributed by atoms with van der Waals surface area (Å²) in [5.74, 6) is -3.81. The molecule has 32 heavy (non-hydrogen) atoms. The van der Waals surface area contributed by atoms with E-state index in [0.717, 1.165) is 17.9 Å². The number of benzene rings is 3. The molecule has 0 aromatic heterocycles. The fourth-order valence-electron chi connectivity index (χ4n) is 3.35. The molecule has 5 nitrogen and oxygen atoms in total. The van der Waals surface area contributed by atoms with E-state index in [2.05, 4.69) is 4.74 Å². The van der Waals surface area contributed by atoms with Crippen molar-refractivity contribution in [3.63, 3.8) is 0 Å². The van der Waals surface area contributed by atoms with E-state index in [4.69, 9.17) is 23.2 Å². The van der Waals surface area contributed by atoms with Crippen LogP contribution >= 0.6 is 23.2 Å². The summed E-state index contributed by atoms with van der Waals surface area (Å²) in [7, 11) is 0.984. The Morgan fingerprint density at radius 1 is 1.12 bits per heavy atom. The first-order valence-electron chi connectivity index (χ1n) is 9.18. The van der Waals surface area contributed by atoms with Crippen LogP contribution in [0.25, 0.3) is 21.9 Å². The van der Waals surface area contributed by atoms with Crippen molar-refractivity contribution in [2.45, 2.75) is 18.6 Å². The number of phenols is 1. The number of phenolic OH excluding ortho intramolecular Hbond substituents is 1. The standard InChI is InChI=1S/C22H16Cl2F3NO4/c1-32-20(30)16(28-21(31)22(25,26)27)10-12-9-15(23)19(29)18(24)17(12)14-8-4-6-11-5-2-3-7-13(11)14/h2-9,16,29H,10H2,1H3,(H,28,31)/t16-/m0/s1. The highest BCUT2D eigenvalue weighted by molar-refractivity contribution is 6.39. The maximum absolute atomic E-state index is 12.8. The van der Waals surface area contributed by atoms with Gasteiger partial charge in [-0.25, -0.2) is 4.79 Å². The monoisotopic (exact) mass is 485 g/mol. The molecule has 0 aliphatic carbocycles. The number of carbonyl (C=O) groups is 2. The normalized spacial score (nSPS) is 12.4. The van der Waals surface area contributed by atoms with Crippen molar-refractivity contribution >= 4 is 45.9 Å². The third kappa shape index (κ3) is 4.76. The summed E-state index contributed by atoms with van der Waals surface area (Å²) in [6.07, 6.45) is -5.62. The first kappa shape index (κ1) is 23.7. The van der Waals surface area contributed by atoms with Crippen molar-refractivity contribution < 1.29 is 32.6 Å². The number of esters is 1. The Morgan fingerprint density at radius 3 is 2.44 bits per heavy atom. The van der Waals surface area contributed by atoms with Gasteiger partial charge in [0.25, 0.3) is 0 Å². The average Bonchev–Trinajstić information content (AvgIpc) is 2.75. The van der Waals surface area contributed by atoms with E-state index >= 15 is 0 Å². The van der Waals surface area contributed by atoms with E-state index in [-0.39, 0.29) is 21.2 Å². The van der Waals surface area contributed by atoms with Crippen molar-refractivity contribution in [3.05, 3.63) is 64.1 Å². The number of hydrogen-bond donors (Lipinski definition) is 2. The maximum atomic E-state index is 12.8. The van der Waals surface area contributed by atoms with E-state index < -0.39 is 36.3 Å². The molecular formula is C22H16Cl2F3NO4. The molecule has 0 saturated heterocycles. The molecule has 1 atom stereocenters. The summed E-state index contributed by atoms with van der Waals surface area (Å²) >= 11 is 12.4. The van der Waals surface area contributed by atoms with Gasteiger partial charge in [0.2, 0.25) is 0 Å². The number of carbonyl (C=O) groups excluding carboxylic acids is 2. The highest BCUT2D eigenvalue weighted by atomic mass is 35.5. The molecule has 0 heterocycles. The van der Waals surface area contributed by atoms with Gasteiger partial charge in [-0.3, -0.25) is 4.79 Å². The van der Waals surface area contributed by atoms with Gasteiger partial charge in [-0.2, -0.15) is 13.2 Å². The van der Waals surface area contributed by atoms with E-state index in [0.29, 0.717) is 5.56 Å². The highest BCUT2D eigenvalue weighted by Gasteiger charge is 2.41. The van der Waals surface area contributed by atoms with Gasteiger partial charge < -0.3 is 15.2 Å². The smallest absolute Gasteiger partial charge is 0.471 e. The van der Waals surface area contributed by atoms with Crippen LogP contribution in [-0.4, -0.2) is 36.3 Å². The number of aromatic hydroxyl groups is 1. The molecule has 0 spiro atoms. The van der Waals surface area contributed by atoms with Crippen LogP contribution in [0.15, 0.2) is 48.5 Å². The van der Waals surface area contributed by atoms with Gasteiger partial charge in [0.1, 0.15) is 6.04 Å². The Morgan fingerprint density at radius 2 is 1.78 bits per heavy atom. The number of fused-ring (bicyclic) bond motifs is 1. The molecule has 0 saturated carbocycles. The molecule has 0 fully saturated rings. The Balaban J connectivity index is 2.17. The van der Waals surface area contributed by atoms with Crippen LogP contribution in [0.4, 0.5) is 13.2 Å². The molecule has 0 aliphatic heterocycles. The summed E-state index contributed by atoms with van der Waals surface area (Å²) in [6, 6.07) is 12.2. The lowest BCUT2D eigenvalue weighted by Crippen LogP contribution is -2.48. The zero-order valence-corrected chi connectivity index (χ0v) is 18.0. The fourth-order valence-corrected chi connectivity index (χ4v) is 3.95. The minimum absolute atomic E-state index is 0.144. The minimum Gasteiger partial charge on any atom is -0.505 e. The van der Waals surface area contributed by atoms with E-state index in [9.17, 15) is 27.9 Å². The van der Waals surface area contributed by atoms with E-state index in [1.165, 1.54) is 6.07 Å².